The predicted octanol–water partition coefficient (Wildman–Crippen LogP) is 17.4. The van der Waals surface area contributed by atoms with Crippen LogP contribution in [0.15, 0.2) is 230 Å². The van der Waals surface area contributed by atoms with E-state index in [1.807, 2.05) is 13.8 Å². The van der Waals surface area contributed by atoms with Crippen LogP contribution in [0.5, 0.6) is 0 Å². The van der Waals surface area contributed by atoms with Crippen LogP contribution in [0.2, 0.25) is 0 Å². The largest absolute Gasteiger partial charge is 0.310 e. The van der Waals surface area contributed by atoms with Gasteiger partial charge in [0.2, 0.25) is 0 Å². The van der Waals surface area contributed by atoms with E-state index in [1.165, 1.54) is 94.0 Å². The number of para-hydroxylation sites is 2. The van der Waals surface area contributed by atoms with Crippen molar-refractivity contribution in [3.05, 3.63) is 247 Å². The summed E-state index contributed by atoms with van der Waals surface area (Å²) in [4.78, 5) is 2.47. The summed E-state index contributed by atoms with van der Waals surface area (Å²) in [7, 11) is 0. The summed E-state index contributed by atoms with van der Waals surface area (Å²) < 4.78 is 2.39. The van der Waals surface area contributed by atoms with E-state index in [9.17, 15) is 0 Å². The van der Waals surface area contributed by atoms with Gasteiger partial charge in [0.05, 0.1) is 16.7 Å². The number of benzene rings is 9. The van der Waals surface area contributed by atoms with Gasteiger partial charge in [0, 0.05) is 44.6 Å². The van der Waals surface area contributed by atoms with Gasteiger partial charge in [-0.1, -0.05) is 192 Å². The van der Waals surface area contributed by atoms with Crippen LogP contribution < -0.4 is 4.90 Å². The maximum absolute atomic E-state index is 2.47. The lowest BCUT2D eigenvalue weighted by molar-refractivity contribution is 0.660. The molecule has 1 atom stereocenters. The normalized spacial score (nSPS) is 14.7. The Kier molecular flexibility index (Phi) is 10.2. The summed E-state index contributed by atoms with van der Waals surface area (Å²) >= 11 is 0. The Labute approximate surface area is 383 Å². The summed E-state index contributed by atoms with van der Waals surface area (Å²) in [5.74, 6) is 0.344. The molecule has 2 heteroatoms. The molecule has 0 saturated heterocycles. The van der Waals surface area contributed by atoms with E-state index in [2.05, 4.69) is 248 Å². The quantitative estimate of drug-likeness (QED) is 0.155. The Hall–Kier alpha value is -7.68. The standard InChI is InChI=1S/C61H46N2.C2H6/c1-61(2)56-23-13-11-20-51(56)52-35-29-44(40-57(52)61)43-27-33-48(34-28-43)62(47-31-25-42(26-32-47)41-15-5-3-6-16-41)59-38-36-49(50-19-9-10-21-53(50)59)45-30-37-60-55(39-45)54-22-12-14-24-58(54)63(60)46-17-7-4-8-18-46;1-2/h3-25,27-40,42H,26H2,1-2H3;1-2H3. The van der Waals surface area contributed by atoms with Crippen molar-refractivity contribution in [2.24, 2.45) is 0 Å². The minimum atomic E-state index is -0.0455. The van der Waals surface area contributed by atoms with Gasteiger partial charge in [0.25, 0.3) is 0 Å². The maximum atomic E-state index is 2.47. The van der Waals surface area contributed by atoms with Gasteiger partial charge in [-0.05, 0) is 123 Å². The molecule has 314 valence electrons. The second-order valence-electron chi connectivity index (χ2n) is 17.7. The highest BCUT2D eigenvalue weighted by Gasteiger charge is 2.35. The smallest absolute Gasteiger partial charge is 0.0541 e. The van der Waals surface area contributed by atoms with Gasteiger partial charge in [0.1, 0.15) is 0 Å². The van der Waals surface area contributed by atoms with Gasteiger partial charge in [-0.15, -0.1) is 0 Å². The van der Waals surface area contributed by atoms with Crippen molar-refractivity contribution >= 4 is 44.0 Å². The number of hydrogen-bond donors (Lipinski definition) is 0. The lowest BCUT2D eigenvalue weighted by atomic mass is 9.81. The van der Waals surface area contributed by atoms with Gasteiger partial charge in [0.15, 0.2) is 0 Å². The summed E-state index contributed by atoms with van der Waals surface area (Å²) in [6.07, 6.45) is 8.07. The molecule has 1 aromatic heterocycles. The van der Waals surface area contributed by atoms with Crippen LogP contribution in [0.1, 0.15) is 56.7 Å². The van der Waals surface area contributed by atoms with Crippen molar-refractivity contribution in [2.45, 2.75) is 45.4 Å². The van der Waals surface area contributed by atoms with Crippen LogP contribution in [-0.2, 0) is 5.41 Å². The van der Waals surface area contributed by atoms with Crippen molar-refractivity contribution in [2.75, 3.05) is 4.90 Å². The molecular weight excluding hydrogens is 785 g/mol. The number of fused-ring (bicyclic) bond motifs is 7. The summed E-state index contributed by atoms with van der Waals surface area (Å²) in [6, 6.07) is 76.1. The third kappa shape index (κ3) is 6.80. The second-order valence-corrected chi connectivity index (χ2v) is 17.7. The average molecular weight is 837 g/mol. The molecule has 10 aromatic rings. The Balaban J connectivity index is 0.00000231. The fourth-order valence-corrected chi connectivity index (χ4v) is 10.6. The van der Waals surface area contributed by atoms with Crippen LogP contribution in [0.25, 0.3) is 71.6 Å². The van der Waals surface area contributed by atoms with E-state index < -0.39 is 0 Å². The van der Waals surface area contributed by atoms with E-state index in [1.54, 1.807) is 0 Å². The first-order valence-electron chi connectivity index (χ1n) is 23.2. The van der Waals surface area contributed by atoms with Crippen molar-refractivity contribution in [1.82, 2.24) is 4.57 Å². The monoisotopic (exact) mass is 836 g/mol. The van der Waals surface area contributed by atoms with Crippen LogP contribution in [-0.4, -0.2) is 4.57 Å². The number of anilines is 2. The highest BCUT2D eigenvalue weighted by Crippen LogP contribution is 2.50. The SMILES string of the molecule is CC.CC1(C)c2ccccc2-c2ccc(-c3ccc(N(C4=CCC(c5ccccc5)C=C4)c4ccc(-c5ccc6c(c5)c5ccccc5n6-c5ccccc5)c5ccccc45)cc3)cc21. The van der Waals surface area contributed by atoms with Gasteiger partial charge < -0.3 is 9.47 Å². The molecule has 9 aromatic carbocycles. The van der Waals surface area contributed by atoms with E-state index in [4.69, 9.17) is 0 Å². The lowest BCUT2D eigenvalue weighted by Gasteiger charge is -2.30. The molecule has 1 unspecified atom stereocenters. The van der Waals surface area contributed by atoms with E-state index in [-0.39, 0.29) is 5.41 Å². The van der Waals surface area contributed by atoms with Gasteiger partial charge in [-0.2, -0.15) is 0 Å². The molecule has 2 nitrogen and oxygen atoms in total. The molecular formula is C63H52N2. The molecule has 65 heavy (non-hydrogen) atoms. The number of hydrogen-bond acceptors (Lipinski definition) is 1. The topological polar surface area (TPSA) is 8.17 Å². The van der Waals surface area contributed by atoms with Crippen LogP contribution in [0, 0.1) is 0 Å². The van der Waals surface area contributed by atoms with Crippen LogP contribution in [0.3, 0.4) is 0 Å². The molecule has 12 rings (SSSR count). The van der Waals surface area contributed by atoms with Gasteiger partial charge in [-0.25, -0.2) is 0 Å². The van der Waals surface area contributed by atoms with Gasteiger partial charge >= 0.3 is 0 Å². The van der Waals surface area contributed by atoms with Crippen molar-refractivity contribution < 1.29 is 0 Å². The molecule has 0 spiro atoms. The summed E-state index contributed by atoms with van der Waals surface area (Å²) in [5.41, 5.74) is 18.8. The molecule has 2 aliphatic carbocycles. The number of aromatic nitrogens is 1. The molecule has 0 radical (unpaired) electrons. The molecule has 1 heterocycles. The first-order valence-corrected chi connectivity index (χ1v) is 23.2. The number of nitrogens with zero attached hydrogens (tertiary/aromatic N) is 2. The van der Waals surface area contributed by atoms with Crippen molar-refractivity contribution in [1.29, 1.82) is 0 Å². The third-order valence-electron chi connectivity index (χ3n) is 13.7. The molecule has 0 amide bonds. The zero-order valence-electron chi connectivity index (χ0n) is 37.5. The highest BCUT2D eigenvalue weighted by molar-refractivity contribution is 6.12. The molecule has 0 saturated carbocycles. The Morgan fingerprint density at radius 1 is 0.477 bits per heavy atom. The maximum Gasteiger partial charge on any atom is 0.0541 e. The fourth-order valence-electron chi connectivity index (χ4n) is 10.6. The van der Waals surface area contributed by atoms with E-state index in [0.29, 0.717) is 5.92 Å². The predicted molar refractivity (Wildman–Crippen MR) is 278 cm³/mol. The van der Waals surface area contributed by atoms with Crippen molar-refractivity contribution in [3.8, 4) is 39.1 Å². The highest BCUT2D eigenvalue weighted by atomic mass is 15.1. The first kappa shape index (κ1) is 40.1. The first-order chi connectivity index (χ1) is 32.0. The third-order valence-corrected chi connectivity index (χ3v) is 13.7. The Bertz CT molecular complexity index is 3440. The lowest BCUT2D eigenvalue weighted by Crippen LogP contribution is -2.17. The van der Waals surface area contributed by atoms with Crippen molar-refractivity contribution in [3.63, 3.8) is 0 Å². The summed E-state index contributed by atoms with van der Waals surface area (Å²) in [5, 5.41) is 4.95. The number of rotatable bonds is 7. The number of allylic oxidation sites excluding steroid dienone is 3. The summed E-state index contributed by atoms with van der Waals surface area (Å²) in [6.45, 7) is 8.71. The van der Waals surface area contributed by atoms with Gasteiger partial charge in [-0.3, -0.25) is 0 Å². The van der Waals surface area contributed by atoms with Crippen LogP contribution >= 0.6 is 0 Å². The van der Waals surface area contributed by atoms with Crippen LogP contribution in [0.4, 0.5) is 11.4 Å². The second kappa shape index (κ2) is 16.5. The molecule has 2 aliphatic rings. The molecule has 0 aliphatic heterocycles. The molecule has 0 N–H and O–H groups in total. The zero-order chi connectivity index (χ0) is 44.1. The van der Waals surface area contributed by atoms with E-state index in [0.717, 1.165) is 17.8 Å². The minimum absolute atomic E-state index is 0.0455. The average Bonchev–Trinajstić information content (AvgIpc) is 3.83. The molecule has 0 bridgehead atoms. The minimum Gasteiger partial charge on any atom is -0.310 e. The zero-order valence-corrected chi connectivity index (χ0v) is 37.5. The Morgan fingerprint density at radius 3 is 1.86 bits per heavy atom. The van der Waals surface area contributed by atoms with E-state index >= 15 is 0 Å². The Morgan fingerprint density at radius 2 is 1.09 bits per heavy atom. The fraction of sp³-hybridized carbons (Fsp3) is 0.111. The molecule has 0 fully saturated rings.